The molecule has 1 unspecified atom stereocenters. The van der Waals surface area contributed by atoms with Crippen LogP contribution in [-0.2, 0) is 6.54 Å². The standard InChI is InChI=1S/C15H17N5/c1-2-20-10-12(9-18-20)15(19-16)13-7-3-5-11-6-4-8-17-14(11)13/h3-10,15,19H,2,16H2,1H3. The van der Waals surface area contributed by atoms with E-state index in [1.54, 1.807) is 6.20 Å². The summed E-state index contributed by atoms with van der Waals surface area (Å²) in [6.07, 6.45) is 5.65. The van der Waals surface area contributed by atoms with Crippen molar-refractivity contribution in [3.8, 4) is 0 Å². The molecule has 20 heavy (non-hydrogen) atoms. The lowest BCUT2D eigenvalue weighted by molar-refractivity contribution is 0.632. The van der Waals surface area contributed by atoms with Gasteiger partial charge in [0, 0.05) is 35.5 Å². The van der Waals surface area contributed by atoms with Crippen molar-refractivity contribution in [2.45, 2.75) is 19.5 Å². The number of rotatable bonds is 4. The van der Waals surface area contributed by atoms with Crippen molar-refractivity contribution in [2.24, 2.45) is 5.84 Å². The highest BCUT2D eigenvalue weighted by molar-refractivity contribution is 5.82. The molecule has 0 saturated carbocycles. The molecule has 5 heteroatoms. The summed E-state index contributed by atoms with van der Waals surface area (Å²) < 4.78 is 1.89. The molecule has 1 aromatic carbocycles. The van der Waals surface area contributed by atoms with Gasteiger partial charge in [0.2, 0.25) is 0 Å². The fourth-order valence-corrected chi connectivity index (χ4v) is 2.43. The highest BCUT2D eigenvalue weighted by atomic mass is 15.3. The van der Waals surface area contributed by atoms with Gasteiger partial charge in [-0.05, 0) is 13.0 Å². The monoisotopic (exact) mass is 267 g/mol. The summed E-state index contributed by atoms with van der Waals surface area (Å²) in [7, 11) is 0. The van der Waals surface area contributed by atoms with Crippen molar-refractivity contribution >= 4 is 10.9 Å². The highest BCUT2D eigenvalue weighted by Crippen LogP contribution is 2.26. The van der Waals surface area contributed by atoms with Crippen LogP contribution in [0.4, 0.5) is 0 Å². The first-order valence-corrected chi connectivity index (χ1v) is 6.65. The third kappa shape index (κ3) is 2.17. The molecule has 0 saturated heterocycles. The average Bonchev–Trinajstić information content (AvgIpc) is 2.97. The first kappa shape index (κ1) is 12.8. The second kappa shape index (κ2) is 5.40. The molecule has 5 nitrogen and oxygen atoms in total. The number of para-hydroxylation sites is 1. The Morgan fingerprint density at radius 3 is 2.90 bits per heavy atom. The molecule has 2 aromatic heterocycles. The maximum Gasteiger partial charge on any atom is 0.0761 e. The van der Waals surface area contributed by atoms with E-state index < -0.39 is 0 Å². The number of benzene rings is 1. The van der Waals surface area contributed by atoms with Crippen LogP contribution in [0, 0.1) is 0 Å². The van der Waals surface area contributed by atoms with Gasteiger partial charge in [0.1, 0.15) is 0 Å². The van der Waals surface area contributed by atoms with Crippen LogP contribution in [0.2, 0.25) is 0 Å². The summed E-state index contributed by atoms with van der Waals surface area (Å²) in [6, 6.07) is 9.99. The van der Waals surface area contributed by atoms with E-state index in [1.165, 1.54) is 0 Å². The molecule has 0 fully saturated rings. The fourth-order valence-electron chi connectivity index (χ4n) is 2.43. The Morgan fingerprint density at radius 2 is 2.15 bits per heavy atom. The summed E-state index contributed by atoms with van der Waals surface area (Å²) in [5, 5.41) is 5.41. The molecule has 0 aliphatic rings. The molecular formula is C15H17N5. The topological polar surface area (TPSA) is 68.8 Å². The minimum atomic E-state index is -0.117. The van der Waals surface area contributed by atoms with Crippen LogP contribution in [0.15, 0.2) is 48.9 Å². The van der Waals surface area contributed by atoms with Crippen LogP contribution >= 0.6 is 0 Å². The second-order valence-corrected chi connectivity index (χ2v) is 4.65. The van der Waals surface area contributed by atoms with Crippen molar-refractivity contribution in [3.05, 3.63) is 60.0 Å². The molecule has 2 heterocycles. The third-order valence-corrected chi connectivity index (χ3v) is 3.45. The van der Waals surface area contributed by atoms with Gasteiger partial charge in [-0.15, -0.1) is 0 Å². The van der Waals surface area contributed by atoms with Gasteiger partial charge in [-0.1, -0.05) is 24.3 Å². The van der Waals surface area contributed by atoms with Gasteiger partial charge in [0.25, 0.3) is 0 Å². The summed E-state index contributed by atoms with van der Waals surface area (Å²) in [4.78, 5) is 4.48. The lowest BCUT2D eigenvalue weighted by atomic mass is 9.99. The number of nitrogens with zero attached hydrogens (tertiary/aromatic N) is 3. The number of nitrogens with one attached hydrogen (secondary N) is 1. The predicted octanol–water partition coefficient (Wildman–Crippen LogP) is 2.00. The van der Waals surface area contributed by atoms with Gasteiger partial charge in [0.15, 0.2) is 0 Å². The number of hydrogen-bond acceptors (Lipinski definition) is 4. The SMILES string of the molecule is CCn1cc(C(NN)c2cccc3cccnc23)cn1. The Labute approximate surface area is 117 Å². The van der Waals surface area contributed by atoms with Crippen molar-refractivity contribution in [1.82, 2.24) is 20.2 Å². The van der Waals surface area contributed by atoms with Crippen molar-refractivity contribution in [2.75, 3.05) is 0 Å². The van der Waals surface area contributed by atoms with E-state index in [0.29, 0.717) is 0 Å². The Hall–Kier alpha value is -2.24. The maximum absolute atomic E-state index is 5.76. The van der Waals surface area contributed by atoms with Gasteiger partial charge >= 0.3 is 0 Å². The van der Waals surface area contributed by atoms with Crippen LogP contribution in [0.3, 0.4) is 0 Å². The third-order valence-electron chi connectivity index (χ3n) is 3.45. The van der Waals surface area contributed by atoms with Crippen LogP contribution in [0.1, 0.15) is 24.1 Å². The quantitative estimate of drug-likeness (QED) is 0.560. The molecule has 3 N–H and O–H groups in total. The normalized spacial score (nSPS) is 12.7. The molecule has 3 rings (SSSR count). The zero-order chi connectivity index (χ0) is 13.9. The van der Waals surface area contributed by atoms with E-state index in [-0.39, 0.29) is 6.04 Å². The van der Waals surface area contributed by atoms with Gasteiger partial charge in [-0.3, -0.25) is 15.5 Å². The highest BCUT2D eigenvalue weighted by Gasteiger charge is 2.17. The van der Waals surface area contributed by atoms with E-state index in [0.717, 1.165) is 28.6 Å². The second-order valence-electron chi connectivity index (χ2n) is 4.65. The van der Waals surface area contributed by atoms with E-state index in [1.807, 2.05) is 35.3 Å². The first-order valence-electron chi connectivity index (χ1n) is 6.65. The number of aryl methyl sites for hydroxylation is 1. The molecule has 0 spiro atoms. The maximum atomic E-state index is 5.76. The molecule has 0 aliphatic carbocycles. The largest absolute Gasteiger partial charge is 0.273 e. The van der Waals surface area contributed by atoms with Gasteiger partial charge in [0.05, 0.1) is 17.8 Å². The zero-order valence-electron chi connectivity index (χ0n) is 11.3. The summed E-state index contributed by atoms with van der Waals surface area (Å²) >= 11 is 0. The predicted molar refractivity (Wildman–Crippen MR) is 78.8 cm³/mol. The lowest BCUT2D eigenvalue weighted by Crippen LogP contribution is -2.28. The van der Waals surface area contributed by atoms with Crippen molar-refractivity contribution in [1.29, 1.82) is 0 Å². The van der Waals surface area contributed by atoms with Crippen LogP contribution in [-0.4, -0.2) is 14.8 Å². The molecule has 0 radical (unpaired) electrons. The minimum absolute atomic E-state index is 0.117. The molecule has 0 bridgehead atoms. The first-order chi connectivity index (χ1) is 9.83. The molecule has 0 amide bonds. The van der Waals surface area contributed by atoms with E-state index >= 15 is 0 Å². The Kier molecular flexibility index (Phi) is 3.45. The summed E-state index contributed by atoms with van der Waals surface area (Å²) in [6.45, 7) is 2.90. The lowest BCUT2D eigenvalue weighted by Gasteiger charge is -2.16. The molecular weight excluding hydrogens is 250 g/mol. The Morgan fingerprint density at radius 1 is 1.30 bits per heavy atom. The zero-order valence-corrected chi connectivity index (χ0v) is 11.3. The number of hydrogen-bond donors (Lipinski definition) is 2. The van der Waals surface area contributed by atoms with Crippen molar-refractivity contribution < 1.29 is 0 Å². The number of fused-ring (bicyclic) bond motifs is 1. The molecule has 3 aromatic rings. The minimum Gasteiger partial charge on any atom is -0.273 e. The number of pyridine rings is 1. The molecule has 1 atom stereocenters. The number of nitrogens with two attached hydrogens (primary N) is 1. The van der Waals surface area contributed by atoms with Crippen molar-refractivity contribution in [3.63, 3.8) is 0 Å². The average molecular weight is 267 g/mol. The smallest absolute Gasteiger partial charge is 0.0761 e. The Balaban J connectivity index is 2.11. The van der Waals surface area contributed by atoms with E-state index in [2.05, 4.69) is 34.6 Å². The van der Waals surface area contributed by atoms with Gasteiger partial charge in [-0.2, -0.15) is 5.10 Å². The van der Waals surface area contributed by atoms with E-state index in [4.69, 9.17) is 5.84 Å². The summed E-state index contributed by atoms with van der Waals surface area (Å²) in [5.74, 6) is 5.76. The van der Waals surface area contributed by atoms with E-state index in [9.17, 15) is 0 Å². The van der Waals surface area contributed by atoms with Gasteiger partial charge in [-0.25, -0.2) is 5.43 Å². The fraction of sp³-hybridized carbons (Fsp3) is 0.200. The van der Waals surface area contributed by atoms with Gasteiger partial charge < -0.3 is 0 Å². The Bertz CT molecular complexity index is 714. The van der Waals surface area contributed by atoms with Crippen LogP contribution in [0.5, 0.6) is 0 Å². The molecule has 102 valence electrons. The molecule has 0 aliphatic heterocycles. The number of aromatic nitrogens is 3. The van der Waals surface area contributed by atoms with Crippen LogP contribution in [0.25, 0.3) is 10.9 Å². The summed E-state index contributed by atoms with van der Waals surface area (Å²) in [5.41, 5.74) is 5.92. The van der Waals surface area contributed by atoms with Crippen LogP contribution < -0.4 is 11.3 Å². The number of hydrazine groups is 1.